The first-order chi connectivity index (χ1) is 9.87. The van der Waals surface area contributed by atoms with Crippen LogP contribution in [0.4, 0.5) is 10.6 Å². The lowest BCUT2D eigenvalue weighted by molar-refractivity contribution is 0.0288. The van der Waals surface area contributed by atoms with E-state index in [9.17, 15) is 4.79 Å². The van der Waals surface area contributed by atoms with Crippen LogP contribution in [0.25, 0.3) is 0 Å². The van der Waals surface area contributed by atoms with Crippen molar-refractivity contribution >= 4 is 11.9 Å². The highest BCUT2D eigenvalue weighted by Crippen LogP contribution is 2.22. The number of aromatic nitrogens is 2. The van der Waals surface area contributed by atoms with Crippen molar-refractivity contribution in [1.82, 2.24) is 14.9 Å². The first kappa shape index (κ1) is 15.5. The lowest BCUT2D eigenvalue weighted by Gasteiger charge is -2.24. The molecule has 0 saturated carbocycles. The van der Waals surface area contributed by atoms with E-state index in [0.717, 1.165) is 37.4 Å². The van der Waals surface area contributed by atoms with Gasteiger partial charge in [-0.2, -0.15) is 0 Å². The smallest absolute Gasteiger partial charge is 0.410 e. The number of hydrogen-bond acceptors (Lipinski definition) is 5. The number of nitrogens with one attached hydrogen (secondary N) is 1. The molecule has 1 aliphatic heterocycles. The van der Waals surface area contributed by atoms with E-state index in [4.69, 9.17) is 4.74 Å². The lowest BCUT2D eigenvalue weighted by atomic mass is 10.0. The molecule has 6 nitrogen and oxygen atoms in total. The van der Waals surface area contributed by atoms with E-state index in [1.165, 1.54) is 0 Å². The van der Waals surface area contributed by atoms with Crippen molar-refractivity contribution < 1.29 is 9.53 Å². The molecular weight excluding hydrogens is 268 g/mol. The van der Waals surface area contributed by atoms with Gasteiger partial charge >= 0.3 is 6.09 Å². The summed E-state index contributed by atoms with van der Waals surface area (Å²) in [6.07, 6.45) is 3.19. The van der Waals surface area contributed by atoms with E-state index in [0.29, 0.717) is 5.92 Å². The molecule has 0 radical (unpaired) electrons. The van der Waals surface area contributed by atoms with Crippen molar-refractivity contribution in [3.63, 3.8) is 0 Å². The highest BCUT2D eigenvalue weighted by atomic mass is 16.6. The molecule has 1 aromatic heterocycles. The van der Waals surface area contributed by atoms with Crippen molar-refractivity contribution in [2.24, 2.45) is 5.92 Å². The molecule has 0 unspecified atom stereocenters. The van der Waals surface area contributed by atoms with Gasteiger partial charge in [-0.3, -0.25) is 0 Å². The van der Waals surface area contributed by atoms with Crippen molar-refractivity contribution in [3.8, 4) is 0 Å². The Morgan fingerprint density at radius 3 is 2.90 bits per heavy atom. The maximum Gasteiger partial charge on any atom is 0.410 e. The first-order valence-electron chi connectivity index (χ1n) is 7.34. The number of ether oxygens (including phenoxy) is 1. The molecule has 0 spiro atoms. The Bertz CT molecular complexity index is 499. The number of anilines is 1. The largest absolute Gasteiger partial charge is 0.444 e. The summed E-state index contributed by atoms with van der Waals surface area (Å²) < 4.78 is 5.41. The number of nitrogens with zero attached hydrogens (tertiary/aromatic N) is 3. The van der Waals surface area contributed by atoms with Gasteiger partial charge in [-0.1, -0.05) is 0 Å². The maximum atomic E-state index is 12.0. The van der Waals surface area contributed by atoms with E-state index in [1.807, 2.05) is 33.9 Å². The van der Waals surface area contributed by atoms with Crippen LogP contribution in [0.15, 0.2) is 12.4 Å². The molecule has 2 heterocycles. The minimum Gasteiger partial charge on any atom is -0.444 e. The molecule has 1 aromatic rings. The second kappa shape index (κ2) is 6.28. The predicted octanol–water partition coefficient (Wildman–Crippen LogP) is 2.32. The van der Waals surface area contributed by atoms with Crippen LogP contribution >= 0.6 is 0 Å². The minimum atomic E-state index is -0.441. The molecule has 0 aliphatic carbocycles. The van der Waals surface area contributed by atoms with E-state index in [-0.39, 0.29) is 6.09 Å². The zero-order valence-electron chi connectivity index (χ0n) is 13.2. The Labute approximate surface area is 125 Å². The zero-order valence-corrected chi connectivity index (χ0v) is 13.2. The fraction of sp³-hybridized carbons (Fsp3) is 0.667. The van der Waals surface area contributed by atoms with Crippen LogP contribution in [0.5, 0.6) is 0 Å². The van der Waals surface area contributed by atoms with E-state index < -0.39 is 5.60 Å². The Hall–Kier alpha value is -1.85. The topological polar surface area (TPSA) is 67.4 Å². The minimum absolute atomic E-state index is 0.219. The molecule has 1 N–H and O–H groups in total. The van der Waals surface area contributed by atoms with Gasteiger partial charge in [-0.15, -0.1) is 0 Å². The number of carbonyl (C=O) groups is 1. The normalized spacial score (nSPS) is 18.7. The summed E-state index contributed by atoms with van der Waals surface area (Å²) in [5.74, 6) is 1.25. The summed E-state index contributed by atoms with van der Waals surface area (Å²) in [6.45, 7) is 7.15. The average Bonchev–Trinajstić information content (AvgIpc) is 2.85. The molecule has 6 heteroatoms. The molecule has 21 heavy (non-hydrogen) atoms. The van der Waals surface area contributed by atoms with E-state index in [2.05, 4.69) is 15.3 Å². The number of likely N-dealkylation sites (tertiary alicyclic amines) is 1. The highest BCUT2D eigenvalue weighted by molar-refractivity contribution is 5.68. The van der Waals surface area contributed by atoms with Gasteiger partial charge in [0.25, 0.3) is 0 Å². The van der Waals surface area contributed by atoms with Crippen molar-refractivity contribution in [2.45, 2.75) is 39.2 Å². The second-order valence-corrected chi connectivity index (χ2v) is 6.43. The molecule has 0 bridgehead atoms. The number of carbonyl (C=O) groups excluding carboxylic acids is 1. The standard InChI is InChI=1S/C15H24N4O2/c1-15(2,3)21-14(20)19-6-5-11(9-19)7-12-8-13(16-4)18-10-17-12/h8,10-11H,5-7,9H2,1-4H3,(H,16,17,18)/t11-/m1/s1. The molecule has 1 atom stereocenters. The van der Waals surface area contributed by atoms with Gasteiger partial charge < -0.3 is 15.0 Å². The van der Waals surface area contributed by atoms with Crippen molar-refractivity contribution in [3.05, 3.63) is 18.1 Å². The van der Waals surface area contributed by atoms with Crippen LogP contribution in [0.3, 0.4) is 0 Å². The van der Waals surface area contributed by atoms with Gasteiger partial charge in [-0.05, 0) is 39.5 Å². The molecule has 1 amide bonds. The quantitative estimate of drug-likeness (QED) is 0.926. The Morgan fingerprint density at radius 2 is 2.24 bits per heavy atom. The predicted molar refractivity (Wildman–Crippen MR) is 81.2 cm³/mol. The van der Waals surface area contributed by atoms with Gasteiger partial charge in [0, 0.05) is 31.9 Å². The van der Waals surface area contributed by atoms with E-state index in [1.54, 1.807) is 11.2 Å². The zero-order chi connectivity index (χ0) is 15.5. The summed E-state index contributed by atoms with van der Waals surface area (Å²) in [5.41, 5.74) is 0.564. The van der Waals surface area contributed by atoms with Crippen molar-refractivity contribution in [2.75, 3.05) is 25.5 Å². The Morgan fingerprint density at radius 1 is 1.48 bits per heavy atom. The molecule has 0 aromatic carbocycles. The van der Waals surface area contributed by atoms with Crippen molar-refractivity contribution in [1.29, 1.82) is 0 Å². The van der Waals surface area contributed by atoms with Gasteiger partial charge in [-0.25, -0.2) is 14.8 Å². The molecular formula is C15H24N4O2. The molecule has 116 valence electrons. The van der Waals surface area contributed by atoms with Crippen LogP contribution in [-0.4, -0.2) is 46.7 Å². The van der Waals surface area contributed by atoms with Gasteiger partial charge in [0.2, 0.25) is 0 Å². The number of rotatable bonds is 3. The Kier molecular flexibility index (Phi) is 4.65. The van der Waals surface area contributed by atoms with Gasteiger partial charge in [0.1, 0.15) is 17.7 Å². The monoisotopic (exact) mass is 292 g/mol. The van der Waals surface area contributed by atoms with Crippen LogP contribution < -0.4 is 5.32 Å². The summed E-state index contributed by atoms with van der Waals surface area (Å²) in [7, 11) is 1.84. The fourth-order valence-electron chi connectivity index (χ4n) is 2.43. The third kappa shape index (κ3) is 4.58. The SMILES string of the molecule is CNc1cc(C[C@H]2CCN(C(=O)OC(C)(C)C)C2)ncn1. The van der Waals surface area contributed by atoms with Gasteiger partial charge in [0.05, 0.1) is 0 Å². The van der Waals surface area contributed by atoms with Gasteiger partial charge in [0.15, 0.2) is 0 Å². The summed E-state index contributed by atoms with van der Waals surface area (Å²) in [4.78, 5) is 22.2. The summed E-state index contributed by atoms with van der Waals surface area (Å²) >= 11 is 0. The van der Waals surface area contributed by atoms with Crippen LogP contribution in [0.2, 0.25) is 0 Å². The third-order valence-electron chi connectivity index (χ3n) is 3.42. The second-order valence-electron chi connectivity index (χ2n) is 6.43. The van der Waals surface area contributed by atoms with Crippen LogP contribution in [-0.2, 0) is 11.2 Å². The lowest BCUT2D eigenvalue weighted by Crippen LogP contribution is -2.35. The van der Waals surface area contributed by atoms with Crippen LogP contribution in [0.1, 0.15) is 32.9 Å². The molecule has 1 fully saturated rings. The first-order valence-corrected chi connectivity index (χ1v) is 7.34. The third-order valence-corrected chi connectivity index (χ3v) is 3.42. The average molecular weight is 292 g/mol. The maximum absolute atomic E-state index is 12.0. The summed E-state index contributed by atoms with van der Waals surface area (Å²) in [6, 6.07) is 1.95. The molecule has 1 aliphatic rings. The highest BCUT2D eigenvalue weighted by Gasteiger charge is 2.29. The molecule has 1 saturated heterocycles. The Balaban J connectivity index is 1.89. The van der Waals surface area contributed by atoms with Crippen LogP contribution in [0, 0.1) is 5.92 Å². The molecule has 2 rings (SSSR count). The van der Waals surface area contributed by atoms with E-state index >= 15 is 0 Å². The number of hydrogen-bond donors (Lipinski definition) is 1. The number of amides is 1. The fourth-order valence-corrected chi connectivity index (χ4v) is 2.43. The summed E-state index contributed by atoms with van der Waals surface area (Å²) in [5, 5.41) is 3.01.